The number of rotatable bonds is 5. The highest BCUT2D eigenvalue weighted by atomic mass is 16.5. The maximum atomic E-state index is 9.08. The zero-order chi connectivity index (χ0) is 12.0. The summed E-state index contributed by atoms with van der Waals surface area (Å²) in [6, 6.07) is 7.01. The molecule has 1 unspecified atom stereocenters. The first-order valence-electron chi connectivity index (χ1n) is 5.06. The molecule has 1 atom stereocenters. The third-order valence-corrected chi connectivity index (χ3v) is 2.09. The molecule has 1 aromatic carbocycles. The molecule has 0 saturated carbocycles. The maximum absolute atomic E-state index is 9.08. The van der Waals surface area contributed by atoms with Gasteiger partial charge in [0.05, 0.1) is 31.5 Å². The van der Waals surface area contributed by atoms with Crippen LogP contribution in [0.3, 0.4) is 0 Å². The zero-order valence-electron chi connectivity index (χ0n) is 9.43. The first-order valence-corrected chi connectivity index (χ1v) is 5.06. The molecule has 0 aliphatic heterocycles. The minimum Gasteiger partial charge on any atom is -0.493 e. The second-order valence-electron chi connectivity index (χ2n) is 3.46. The highest BCUT2D eigenvalue weighted by Gasteiger charge is 2.06. The van der Waals surface area contributed by atoms with Gasteiger partial charge in [-0.25, -0.2) is 0 Å². The number of nitriles is 1. The standard InChI is InChI=1S/C12H15NO3/c1-9(14)5-6-16-11-4-3-10(8-13)7-12(11)15-2/h3-4,7,9,14H,5-6H2,1-2H3. The van der Waals surface area contributed by atoms with E-state index in [9.17, 15) is 0 Å². The lowest BCUT2D eigenvalue weighted by Crippen LogP contribution is -2.08. The van der Waals surface area contributed by atoms with Crippen LogP contribution in [-0.4, -0.2) is 24.9 Å². The normalized spacial score (nSPS) is 11.6. The van der Waals surface area contributed by atoms with Crippen LogP contribution in [0.25, 0.3) is 0 Å². The van der Waals surface area contributed by atoms with Gasteiger partial charge in [-0.1, -0.05) is 0 Å². The van der Waals surface area contributed by atoms with Crippen molar-refractivity contribution in [3.05, 3.63) is 23.8 Å². The number of aliphatic hydroxyl groups excluding tert-OH is 1. The molecule has 1 aromatic rings. The topological polar surface area (TPSA) is 62.5 Å². The maximum Gasteiger partial charge on any atom is 0.162 e. The zero-order valence-corrected chi connectivity index (χ0v) is 9.43. The van der Waals surface area contributed by atoms with Crippen LogP contribution in [0.1, 0.15) is 18.9 Å². The third-order valence-electron chi connectivity index (χ3n) is 2.09. The minimum absolute atomic E-state index is 0.385. The van der Waals surface area contributed by atoms with E-state index < -0.39 is 0 Å². The van der Waals surface area contributed by atoms with E-state index in [1.165, 1.54) is 7.11 Å². The van der Waals surface area contributed by atoms with Crippen molar-refractivity contribution < 1.29 is 14.6 Å². The molecular formula is C12H15NO3. The second kappa shape index (κ2) is 5.99. The van der Waals surface area contributed by atoms with E-state index in [-0.39, 0.29) is 6.10 Å². The summed E-state index contributed by atoms with van der Waals surface area (Å²) in [6.45, 7) is 2.12. The van der Waals surface area contributed by atoms with Crippen molar-refractivity contribution >= 4 is 0 Å². The van der Waals surface area contributed by atoms with Crippen molar-refractivity contribution in [2.45, 2.75) is 19.4 Å². The van der Waals surface area contributed by atoms with Crippen LogP contribution in [0.4, 0.5) is 0 Å². The molecule has 86 valence electrons. The van der Waals surface area contributed by atoms with Gasteiger partial charge < -0.3 is 14.6 Å². The number of hydrogen-bond donors (Lipinski definition) is 1. The second-order valence-corrected chi connectivity index (χ2v) is 3.46. The number of methoxy groups -OCH3 is 1. The summed E-state index contributed by atoms with van der Waals surface area (Å²) in [5, 5.41) is 17.8. The quantitative estimate of drug-likeness (QED) is 0.822. The van der Waals surface area contributed by atoms with Gasteiger partial charge in [-0.3, -0.25) is 0 Å². The Kier molecular flexibility index (Phi) is 4.62. The molecule has 0 aliphatic rings. The van der Waals surface area contributed by atoms with E-state index in [4.69, 9.17) is 19.8 Å². The van der Waals surface area contributed by atoms with Gasteiger partial charge in [0.15, 0.2) is 11.5 Å². The summed E-state index contributed by atoms with van der Waals surface area (Å²) >= 11 is 0. The monoisotopic (exact) mass is 221 g/mol. The van der Waals surface area contributed by atoms with Crippen LogP contribution in [0.5, 0.6) is 11.5 Å². The molecule has 1 N–H and O–H groups in total. The van der Waals surface area contributed by atoms with Gasteiger partial charge >= 0.3 is 0 Å². The SMILES string of the molecule is COc1cc(C#N)ccc1OCCC(C)O. The summed E-state index contributed by atoms with van der Waals surface area (Å²) in [5.41, 5.74) is 0.528. The Morgan fingerprint density at radius 1 is 1.44 bits per heavy atom. The number of hydrogen-bond acceptors (Lipinski definition) is 4. The van der Waals surface area contributed by atoms with Crippen LogP contribution < -0.4 is 9.47 Å². The summed E-state index contributed by atoms with van der Waals surface area (Å²) in [7, 11) is 1.53. The van der Waals surface area contributed by atoms with Crippen molar-refractivity contribution in [2.24, 2.45) is 0 Å². The van der Waals surface area contributed by atoms with Gasteiger partial charge in [0.2, 0.25) is 0 Å². The molecule has 0 radical (unpaired) electrons. The lowest BCUT2D eigenvalue weighted by Gasteiger charge is -2.11. The van der Waals surface area contributed by atoms with Gasteiger partial charge in [0, 0.05) is 12.5 Å². The van der Waals surface area contributed by atoms with Crippen LogP contribution in [0, 0.1) is 11.3 Å². The van der Waals surface area contributed by atoms with E-state index in [0.717, 1.165) is 0 Å². The number of ether oxygens (including phenoxy) is 2. The molecule has 0 bridgehead atoms. The van der Waals surface area contributed by atoms with Gasteiger partial charge in [0.25, 0.3) is 0 Å². The summed E-state index contributed by atoms with van der Waals surface area (Å²) in [6.07, 6.45) is 0.174. The fourth-order valence-corrected chi connectivity index (χ4v) is 1.20. The molecule has 0 fully saturated rings. The third kappa shape index (κ3) is 3.44. The predicted octanol–water partition coefficient (Wildman–Crippen LogP) is 1.72. The molecule has 4 nitrogen and oxygen atoms in total. The van der Waals surface area contributed by atoms with Crippen LogP contribution in [0.2, 0.25) is 0 Å². The van der Waals surface area contributed by atoms with Crippen LogP contribution >= 0.6 is 0 Å². The summed E-state index contributed by atoms with van der Waals surface area (Å²) in [5.74, 6) is 1.12. The Hall–Kier alpha value is -1.73. The Morgan fingerprint density at radius 2 is 2.19 bits per heavy atom. The summed E-state index contributed by atoms with van der Waals surface area (Å²) < 4.78 is 10.6. The van der Waals surface area contributed by atoms with Crippen molar-refractivity contribution in [1.29, 1.82) is 5.26 Å². The van der Waals surface area contributed by atoms with Crippen molar-refractivity contribution in [3.8, 4) is 17.6 Å². The van der Waals surface area contributed by atoms with E-state index in [0.29, 0.717) is 30.1 Å². The molecule has 0 amide bonds. The van der Waals surface area contributed by atoms with Gasteiger partial charge in [-0.15, -0.1) is 0 Å². The average Bonchev–Trinajstić information content (AvgIpc) is 2.29. The van der Waals surface area contributed by atoms with Gasteiger partial charge in [-0.2, -0.15) is 5.26 Å². The summed E-state index contributed by atoms with van der Waals surface area (Å²) in [4.78, 5) is 0. The average molecular weight is 221 g/mol. The highest BCUT2D eigenvalue weighted by Crippen LogP contribution is 2.27. The number of benzene rings is 1. The first kappa shape index (κ1) is 12.3. The lowest BCUT2D eigenvalue weighted by atomic mass is 10.2. The van der Waals surface area contributed by atoms with Crippen LogP contribution in [-0.2, 0) is 0 Å². The fourth-order valence-electron chi connectivity index (χ4n) is 1.20. The van der Waals surface area contributed by atoms with Gasteiger partial charge in [-0.05, 0) is 19.1 Å². The molecule has 0 aromatic heterocycles. The molecule has 0 spiro atoms. The smallest absolute Gasteiger partial charge is 0.162 e. The fraction of sp³-hybridized carbons (Fsp3) is 0.417. The van der Waals surface area contributed by atoms with E-state index in [2.05, 4.69) is 0 Å². The molecular weight excluding hydrogens is 206 g/mol. The molecule has 0 heterocycles. The van der Waals surface area contributed by atoms with Crippen molar-refractivity contribution in [2.75, 3.05) is 13.7 Å². The Bertz CT molecular complexity index is 382. The Morgan fingerprint density at radius 3 is 2.75 bits per heavy atom. The van der Waals surface area contributed by atoms with E-state index in [1.807, 2.05) is 6.07 Å². The van der Waals surface area contributed by atoms with Crippen molar-refractivity contribution in [3.63, 3.8) is 0 Å². The molecule has 0 aliphatic carbocycles. The minimum atomic E-state index is -0.385. The number of nitrogens with zero attached hydrogens (tertiary/aromatic N) is 1. The van der Waals surface area contributed by atoms with Gasteiger partial charge in [0.1, 0.15) is 0 Å². The first-order chi connectivity index (χ1) is 7.67. The lowest BCUT2D eigenvalue weighted by molar-refractivity contribution is 0.154. The van der Waals surface area contributed by atoms with Crippen LogP contribution in [0.15, 0.2) is 18.2 Å². The Labute approximate surface area is 95.0 Å². The van der Waals surface area contributed by atoms with E-state index in [1.54, 1.807) is 25.1 Å². The molecule has 1 rings (SSSR count). The largest absolute Gasteiger partial charge is 0.493 e. The molecule has 16 heavy (non-hydrogen) atoms. The number of aliphatic hydroxyl groups is 1. The molecule has 4 heteroatoms. The molecule has 0 saturated heterocycles. The van der Waals surface area contributed by atoms with E-state index >= 15 is 0 Å². The Balaban J connectivity index is 2.69. The highest BCUT2D eigenvalue weighted by molar-refractivity contribution is 5.46. The predicted molar refractivity (Wildman–Crippen MR) is 59.5 cm³/mol. The van der Waals surface area contributed by atoms with Crippen molar-refractivity contribution in [1.82, 2.24) is 0 Å².